The van der Waals surface area contributed by atoms with Crippen molar-refractivity contribution in [3.8, 4) is 0 Å². The normalized spacial score (nSPS) is 21.3. The van der Waals surface area contributed by atoms with Crippen LogP contribution in [0.2, 0.25) is 0 Å². The number of carbonyl (C=O) groups is 1. The van der Waals surface area contributed by atoms with Crippen molar-refractivity contribution < 1.29 is 9.18 Å². The summed E-state index contributed by atoms with van der Waals surface area (Å²) in [4.78, 5) is 21.4. The summed E-state index contributed by atoms with van der Waals surface area (Å²) in [5.41, 5.74) is 2.81. The molecule has 0 unspecified atom stereocenters. The molecule has 3 heterocycles. The summed E-state index contributed by atoms with van der Waals surface area (Å²) in [6.07, 6.45) is 2.80. The third-order valence-electron chi connectivity index (χ3n) is 4.35. The summed E-state index contributed by atoms with van der Waals surface area (Å²) in [6.45, 7) is 3.72. The molecule has 130 valence electrons. The van der Waals surface area contributed by atoms with Crippen LogP contribution in [0.5, 0.6) is 0 Å². The van der Waals surface area contributed by atoms with E-state index in [0.29, 0.717) is 26.1 Å². The Bertz CT molecular complexity index is 675. The number of aryl methyl sites for hydroxylation is 1. The first-order valence-corrected chi connectivity index (χ1v) is 8.76. The molecule has 0 aliphatic carbocycles. The number of aromatic nitrogens is 4. The fraction of sp³-hybridized carbons (Fsp3) is 0.600. The lowest BCUT2D eigenvalue weighted by Crippen LogP contribution is -2.42. The Balaban J connectivity index is 1.59. The van der Waals surface area contributed by atoms with E-state index in [-0.39, 0.29) is 18.5 Å². The standard InChI is InChI=1S/C15H21FN6OS/c1-11-14(24-10-17-11)8-21-6-12(16)5-13(21)7-20(2)15(23)9-22-4-3-18-19-22/h3-4,10,12-13H,5-9H2,1-2H3/t12-,13-/m0/s1. The number of likely N-dealkylation sites (tertiary alicyclic amines) is 1. The minimum atomic E-state index is -0.845. The van der Waals surface area contributed by atoms with E-state index >= 15 is 0 Å². The zero-order valence-electron chi connectivity index (χ0n) is 13.8. The lowest BCUT2D eigenvalue weighted by molar-refractivity contribution is -0.131. The Labute approximate surface area is 144 Å². The zero-order chi connectivity index (χ0) is 17.1. The second kappa shape index (κ2) is 7.35. The quantitative estimate of drug-likeness (QED) is 0.779. The molecule has 1 aliphatic heterocycles. The number of amides is 1. The van der Waals surface area contributed by atoms with Gasteiger partial charge in [0, 0.05) is 43.8 Å². The van der Waals surface area contributed by atoms with Crippen molar-refractivity contribution >= 4 is 17.2 Å². The van der Waals surface area contributed by atoms with Crippen LogP contribution < -0.4 is 0 Å². The Kier molecular flexibility index (Phi) is 5.20. The molecule has 1 fully saturated rings. The number of nitrogens with zero attached hydrogens (tertiary/aromatic N) is 6. The van der Waals surface area contributed by atoms with E-state index in [0.717, 1.165) is 10.6 Å². The third kappa shape index (κ3) is 3.96. The molecular formula is C15H21FN6OS. The second-order valence-corrected chi connectivity index (χ2v) is 7.09. The largest absolute Gasteiger partial charge is 0.343 e. The minimum absolute atomic E-state index is 0.0196. The van der Waals surface area contributed by atoms with Gasteiger partial charge in [-0.3, -0.25) is 9.69 Å². The Morgan fingerprint density at radius 2 is 2.38 bits per heavy atom. The number of hydrogen-bond acceptors (Lipinski definition) is 6. The molecule has 2 atom stereocenters. The Hall–Kier alpha value is -1.87. The molecule has 1 saturated heterocycles. The van der Waals surface area contributed by atoms with Crippen LogP contribution in [0.25, 0.3) is 0 Å². The van der Waals surface area contributed by atoms with Gasteiger partial charge in [0.05, 0.1) is 17.4 Å². The first-order chi connectivity index (χ1) is 11.5. The maximum atomic E-state index is 13.9. The number of halogens is 1. The smallest absolute Gasteiger partial charge is 0.244 e. The van der Waals surface area contributed by atoms with Crippen LogP contribution in [0.1, 0.15) is 17.0 Å². The molecule has 0 saturated carbocycles. The lowest BCUT2D eigenvalue weighted by atomic mass is 10.2. The maximum absolute atomic E-state index is 13.9. The molecule has 0 spiro atoms. The van der Waals surface area contributed by atoms with Crippen molar-refractivity contribution in [3.63, 3.8) is 0 Å². The third-order valence-corrected chi connectivity index (χ3v) is 5.27. The van der Waals surface area contributed by atoms with Crippen molar-refractivity contribution in [2.75, 3.05) is 20.1 Å². The van der Waals surface area contributed by atoms with Gasteiger partial charge < -0.3 is 4.90 Å². The van der Waals surface area contributed by atoms with E-state index in [2.05, 4.69) is 20.2 Å². The maximum Gasteiger partial charge on any atom is 0.244 e. The summed E-state index contributed by atoms with van der Waals surface area (Å²) in [5.74, 6) is -0.0586. The number of alkyl halides is 1. The molecule has 24 heavy (non-hydrogen) atoms. The van der Waals surface area contributed by atoms with Crippen LogP contribution in [0.4, 0.5) is 4.39 Å². The summed E-state index contributed by atoms with van der Waals surface area (Å²) in [5, 5.41) is 7.49. The average Bonchev–Trinajstić information content (AvgIpc) is 3.24. The fourth-order valence-corrected chi connectivity index (χ4v) is 3.76. The number of thiazole rings is 1. The highest BCUT2D eigenvalue weighted by atomic mass is 32.1. The van der Waals surface area contributed by atoms with E-state index in [1.54, 1.807) is 29.5 Å². The van der Waals surface area contributed by atoms with Gasteiger partial charge in [-0.2, -0.15) is 0 Å². The molecule has 0 N–H and O–H groups in total. The van der Waals surface area contributed by atoms with Crippen LogP contribution in [0.15, 0.2) is 17.9 Å². The van der Waals surface area contributed by atoms with E-state index in [9.17, 15) is 9.18 Å². The van der Waals surface area contributed by atoms with E-state index in [4.69, 9.17) is 0 Å². The van der Waals surface area contributed by atoms with Gasteiger partial charge in [0.25, 0.3) is 0 Å². The van der Waals surface area contributed by atoms with Gasteiger partial charge in [0.1, 0.15) is 12.7 Å². The van der Waals surface area contributed by atoms with E-state index in [1.165, 1.54) is 10.9 Å². The molecule has 0 bridgehead atoms. The predicted molar refractivity (Wildman–Crippen MR) is 88.2 cm³/mol. The predicted octanol–water partition coefficient (Wildman–Crippen LogP) is 1.11. The molecule has 2 aromatic heterocycles. The number of carbonyl (C=O) groups excluding carboxylic acids is 1. The summed E-state index contributed by atoms with van der Waals surface area (Å²) in [6, 6.07) is 0.0196. The van der Waals surface area contributed by atoms with Crippen LogP contribution in [0.3, 0.4) is 0 Å². The Morgan fingerprint density at radius 3 is 3.04 bits per heavy atom. The lowest BCUT2D eigenvalue weighted by Gasteiger charge is -2.28. The first kappa shape index (κ1) is 17.0. The Morgan fingerprint density at radius 1 is 1.54 bits per heavy atom. The van der Waals surface area contributed by atoms with E-state index in [1.807, 2.05) is 12.4 Å². The number of likely N-dealkylation sites (N-methyl/N-ethyl adjacent to an activating group) is 1. The van der Waals surface area contributed by atoms with Gasteiger partial charge in [0.2, 0.25) is 5.91 Å². The second-order valence-electron chi connectivity index (χ2n) is 6.15. The van der Waals surface area contributed by atoms with Crippen LogP contribution in [-0.2, 0) is 17.9 Å². The minimum Gasteiger partial charge on any atom is -0.343 e. The first-order valence-electron chi connectivity index (χ1n) is 7.88. The highest BCUT2D eigenvalue weighted by Crippen LogP contribution is 2.25. The van der Waals surface area contributed by atoms with Crippen molar-refractivity contribution in [1.29, 1.82) is 0 Å². The van der Waals surface area contributed by atoms with Gasteiger partial charge in [-0.15, -0.1) is 16.4 Å². The molecule has 0 aromatic carbocycles. The molecule has 1 amide bonds. The van der Waals surface area contributed by atoms with Crippen molar-refractivity contribution in [2.45, 2.75) is 38.6 Å². The van der Waals surface area contributed by atoms with Gasteiger partial charge in [-0.1, -0.05) is 5.21 Å². The van der Waals surface area contributed by atoms with Crippen molar-refractivity contribution in [3.05, 3.63) is 28.5 Å². The fourth-order valence-electron chi connectivity index (χ4n) is 2.96. The van der Waals surface area contributed by atoms with Crippen molar-refractivity contribution in [1.82, 2.24) is 29.8 Å². The van der Waals surface area contributed by atoms with E-state index < -0.39 is 6.17 Å². The number of rotatable bonds is 6. The summed E-state index contributed by atoms with van der Waals surface area (Å²) < 4.78 is 15.4. The summed E-state index contributed by atoms with van der Waals surface area (Å²) >= 11 is 1.59. The van der Waals surface area contributed by atoms with Crippen LogP contribution >= 0.6 is 11.3 Å². The molecule has 3 rings (SSSR count). The summed E-state index contributed by atoms with van der Waals surface area (Å²) in [7, 11) is 1.75. The SMILES string of the molecule is Cc1ncsc1CN1C[C@@H](F)C[C@H]1CN(C)C(=O)Cn1ccnn1. The van der Waals surface area contributed by atoms with Gasteiger partial charge in [-0.05, 0) is 13.3 Å². The van der Waals surface area contributed by atoms with Crippen molar-refractivity contribution in [2.24, 2.45) is 0 Å². The number of hydrogen-bond donors (Lipinski definition) is 0. The molecule has 1 aliphatic rings. The van der Waals surface area contributed by atoms with Gasteiger partial charge in [-0.25, -0.2) is 14.1 Å². The van der Waals surface area contributed by atoms with Gasteiger partial charge >= 0.3 is 0 Å². The zero-order valence-corrected chi connectivity index (χ0v) is 14.6. The van der Waals surface area contributed by atoms with Gasteiger partial charge in [0.15, 0.2) is 0 Å². The molecule has 7 nitrogen and oxygen atoms in total. The highest BCUT2D eigenvalue weighted by molar-refractivity contribution is 7.09. The monoisotopic (exact) mass is 352 g/mol. The molecule has 9 heteroatoms. The van der Waals surface area contributed by atoms with Crippen LogP contribution in [0, 0.1) is 6.92 Å². The molecule has 0 radical (unpaired) electrons. The molecule has 2 aromatic rings. The topological polar surface area (TPSA) is 67.2 Å². The highest BCUT2D eigenvalue weighted by Gasteiger charge is 2.34. The molecular weight excluding hydrogens is 331 g/mol. The van der Waals surface area contributed by atoms with Crippen LogP contribution in [-0.4, -0.2) is 68.0 Å². The average molecular weight is 352 g/mol.